The standard InChI is InChI=1S/C15H15N3OS/c1-2-9-20-15(16)18-17-10-13-12-6-4-3-5-11(12)7-8-14(13)19/h2-8,10,19H,1,9H2,(H2,16,18)/b17-10-. The lowest BCUT2D eigenvalue weighted by atomic mass is 10.0. The van der Waals surface area contributed by atoms with Crippen molar-refractivity contribution >= 4 is 33.9 Å². The van der Waals surface area contributed by atoms with Gasteiger partial charge in [-0.3, -0.25) is 0 Å². The highest BCUT2D eigenvalue weighted by molar-refractivity contribution is 8.13. The fourth-order valence-corrected chi connectivity index (χ4v) is 2.13. The summed E-state index contributed by atoms with van der Waals surface area (Å²) < 4.78 is 0. The highest BCUT2D eigenvalue weighted by atomic mass is 32.2. The van der Waals surface area contributed by atoms with E-state index in [-0.39, 0.29) is 5.75 Å². The van der Waals surface area contributed by atoms with Crippen molar-refractivity contribution < 1.29 is 5.11 Å². The van der Waals surface area contributed by atoms with Gasteiger partial charge in [0.15, 0.2) is 5.17 Å². The van der Waals surface area contributed by atoms with E-state index in [1.165, 1.54) is 18.0 Å². The van der Waals surface area contributed by atoms with Gasteiger partial charge >= 0.3 is 0 Å². The van der Waals surface area contributed by atoms with E-state index in [9.17, 15) is 5.11 Å². The summed E-state index contributed by atoms with van der Waals surface area (Å²) in [4.78, 5) is 0. The second kappa shape index (κ2) is 6.77. The van der Waals surface area contributed by atoms with Gasteiger partial charge in [-0.1, -0.05) is 48.2 Å². The topological polar surface area (TPSA) is 71.0 Å². The van der Waals surface area contributed by atoms with Crippen molar-refractivity contribution in [2.24, 2.45) is 15.9 Å². The molecule has 0 aliphatic heterocycles. The van der Waals surface area contributed by atoms with Crippen molar-refractivity contribution in [3.05, 3.63) is 54.6 Å². The van der Waals surface area contributed by atoms with Gasteiger partial charge in [-0.25, -0.2) is 0 Å². The van der Waals surface area contributed by atoms with Crippen LogP contribution in [-0.2, 0) is 0 Å². The van der Waals surface area contributed by atoms with Crippen LogP contribution in [0.5, 0.6) is 5.75 Å². The number of hydrogen-bond donors (Lipinski definition) is 2. The first-order valence-electron chi connectivity index (χ1n) is 6.03. The zero-order chi connectivity index (χ0) is 14.4. The Labute approximate surface area is 121 Å². The maximum absolute atomic E-state index is 9.93. The molecule has 20 heavy (non-hydrogen) atoms. The first-order chi connectivity index (χ1) is 9.72. The maximum atomic E-state index is 9.93. The summed E-state index contributed by atoms with van der Waals surface area (Å²) in [5.74, 6) is 0.852. The fraction of sp³-hybridized carbons (Fsp3) is 0.0667. The number of benzene rings is 2. The first-order valence-corrected chi connectivity index (χ1v) is 7.02. The van der Waals surface area contributed by atoms with Gasteiger partial charge in [0.2, 0.25) is 0 Å². The van der Waals surface area contributed by atoms with E-state index in [0.29, 0.717) is 16.5 Å². The first kappa shape index (κ1) is 14.1. The quantitative estimate of drug-likeness (QED) is 0.392. The van der Waals surface area contributed by atoms with Crippen LogP contribution in [0.15, 0.2) is 59.3 Å². The van der Waals surface area contributed by atoms with Crippen molar-refractivity contribution in [1.82, 2.24) is 0 Å². The number of phenolic OH excluding ortho intramolecular Hbond substituents is 1. The molecule has 0 radical (unpaired) electrons. The molecule has 2 rings (SSSR count). The zero-order valence-corrected chi connectivity index (χ0v) is 11.7. The Morgan fingerprint density at radius 1 is 1.30 bits per heavy atom. The average molecular weight is 285 g/mol. The predicted molar refractivity (Wildman–Crippen MR) is 87.5 cm³/mol. The van der Waals surface area contributed by atoms with Gasteiger partial charge in [-0.15, -0.1) is 11.7 Å². The summed E-state index contributed by atoms with van der Waals surface area (Å²) in [6, 6.07) is 11.3. The van der Waals surface area contributed by atoms with Crippen molar-refractivity contribution in [1.29, 1.82) is 0 Å². The third-order valence-corrected chi connectivity index (χ3v) is 3.42. The molecule has 0 fully saturated rings. The molecule has 0 spiro atoms. The third-order valence-electron chi connectivity index (χ3n) is 2.64. The largest absolute Gasteiger partial charge is 0.507 e. The number of hydrogen-bond acceptors (Lipinski definition) is 4. The highest BCUT2D eigenvalue weighted by Gasteiger charge is 2.03. The second-order valence-corrected chi connectivity index (χ2v) is 5.04. The molecule has 0 bridgehead atoms. The molecule has 4 nitrogen and oxygen atoms in total. The summed E-state index contributed by atoms with van der Waals surface area (Å²) in [7, 11) is 0. The molecule has 2 aromatic carbocycles. The van der Waals surface area contributed by atoms with Crippen LogP contribution in [-0.4, -0.2) is 22.2 Å². The third kappa shape index (κ3) is 3.39. The van der Waals surface area contributed by atoms with Crippen LogP contribution >= 0.6 is 11.8 Å². The summed E-state index contributed by atoms with van der Waals surface area (Å²) in [6.45, 7) is 3.60. The lowest BCUT2D eigenvalue weighted by molar-refractivity contribution is 0.475. The highest BCUT2D eigenvalue weighted by Crippen LogP contribution is 2.25. The summed E-state index contributed by atoms with van der Waals surface area (Å²) in [6.07, 6.45) is 3.26. The van der Waals surface area contributed by atoms with E-state index in [0.717, 1.165) is 10.8 Å². The van der Waals surface area contributed by atoms with Crippen LogP contribution in [0.1, 0.15) is 5.56 Å². The van der Waals surface area contributed by atoms with Gasteiger partial charge in [-0.2, -0.15) is 5.10 Å². The number of nitrogens with zero attached hydrogens (tertiary/aromatic N) is 2. The van der Waals surface area contributed by atoms with Crippen LogP contribution in [0.2, 0.25) is 0 Å². The summed E-state index contributed by atoms with van der Waals surface area (Å²) in [5, 5.41) is 20.0. The normalized spacial score (nSPS) is 12.1. The van der Waals surface area contributed by atoms with E-state index in [1.807, 2.05) is 30.3 Å². The molecule has 0 saturated heterocycles. The molecule has 0 atom stereocenters. The van der Waals surface area contributed by atoms with Crippen molar-refractivity contribution in [3.8, 4) is 5.75 Å². The Morgan fingerprint density at radius 3 is 2.90 bits per heavy atom. The molecule has 0 aliphatic carbocycles. The van der Waals surface area contributed by atoms with Crippen LogP contribution < -0.4 is 5.73 Å². The number of rotatable bonds is 4. The molecule has 0 saturated carbocycles. The molecule has 0 aromatic heterocycles. The molecule has 2 aromatic rings. The molecular formula is C15H15N3OS. The molecule has 0 heterocycles. The molecule has 0 aliphatic rings. The number of fused-ring (bicyclic) bond motifs is 1. The lowest BCUT2D eigenvalue weighted by Gasteiger charge is -2.03. The average Bonchev–Trinajstić information content (AvgIpc) is 2.47. The summed E-state index contributed by atoms with van der Waals surface area (Å²) >= 11 is 1.35. The minimum atomic E-state index is 0.167. The van der Waals surface area contributed by atoms with Crippen LogP contribution in [0.4, 0.5) is 0 Å². The Hall–Kier alpha value is -2.27. The Bertz CT molecular complexity index is 680. The van der Waals surface area contributed by atoms with Gasteiger partial charge in [0.05, 0.1) is 6.21 Å². The van der Waals surface area contributed by atoms with Crippen LogP contribution in [0.25, 0.3) is 10.8 Å². The smallest absolute Gasteiger partial charge is 0.180 e. The molecule has 102 valence electrons. The Balaban J connectivity index is 2.29. The predicted octanol–water partition coefficient (Wildman–Crippen LogP) is 3.11. The minimum Gasteiger partial charge on any atom is -0.507 e. The van der Waals surface area contributed by atoms with Crippen molar-refractivity contribution in [3.63, 3.8) is 0 Å². The molecule has 5 heteroatoms. The van der Waals surface area contributed by atoms with Gasteiger partial charge in [0.25, 0.3) is 0 Å². The van der Waals surface area contributed by atoms with Gasteiger partial charge in [0, 0.05) is 11.3 Å². The molecule has 0 unspecified atom stereocenters. The van der Waals surface area contributed by atoms with E-state index >= 15 is 0 Å². The SMILES string of the molecule is C=CCSC(N)=N/N=C\c1c(O)ccc2ccccc12. The minimum absolute atomic E-state index is 0.167. The van der Waals surface area contributed by atoms with Gasteiger partial charge < -0.3 is 10.8 Å². The lowest BCUT2D eigenvalue weighted by Crippen LogP contribution is -2.05. The zero-order valence-electron chi connectivity index (χ0n) is 10.9. The van der Waals surface area contributed by atoms with Crippen molar-refractivity contribution in [2.75, 3.05) is 5.75 Å². The number of nitrogens with two attached hydrogens (primary N) is 1. The Kier molecular flexibility index (Phi) is 4.79. The molecule has 0 amide bonds. The van der Waals surface area contributed by atoms with E-state index in [4.69, 9.17) is 5.73 Å². The van der Waals surface area contributed by atoms with Gasteiger partial charge in [-0.05, 0) is 16.8 Å². The molecular weight excluding hydrogens is 270 g/mol. The van der Waals surface area contributed by atoms with Gasteiger partial charge in [0.1, 0.15) is 5.75 Å². The van der Waals surface area contributed by atoms with Crippen LogP contribution in [0.3, 0.4) is 0 Å². The van der Waals surface area contributed by atoms with Crippen molar-refractivity contribution in [2.45, 2.75) is 0 Å². The number of thioether (sulfide) groups is 1. The summed E-state index contributed by atoms with van der Waals surface area (Å²) in [5.41, 5.74) is 6.30. The van der Waals surface area contributed by atoms with E-state index in [2.05, 4.69) is 16.8 Å². The second-order valence-electron chi connectivity index (χ2n) is 4.00. The van der Waals surface area contributed by atoms with E-state index in [1.54, 1.807) is 12.1 Å². The van der Waals surface area contributed by atoms with Crippen LogP contribution in [0, 0.1) is 0 Å². The van der Waals surface area contributed by atoms with E-state index < -0.39 is 0 Å². The number of amidine groups is 1. The molecule has 3 N–H and O–H groups in total. The maximum Gasteiger partial charge on any atom is 0.180 e. The fourth-order valence-electron chi connectivity index (χ4n) is 1.74. The number of phenols is 1. The monoisotopic (exact) mass is 285 g/mol. The number of aromatic hydroxyl groups is 1. The Morgan fingerprint density at radius 2 is 2.10 bits per heavy atom.